The third kappa shape index (κ3) is 1.80. The number of nitro benzene ring substituents is 1. The van der Waals surface area contributed by atoms with Gasteiger partial charge in [0.05, 0.1) is 4.92 Å². The van der Waals surface area contributed by atoms with E-state index in [9.17, 15) is 14.9 Å². The fourth-order valence-corrected chi connectivity index (χ4v) is 2.32. The topological polar surface area (TPSA) is 72.2 Å². The van der Waals surface area contributed by atoms with Gasteiger partial charge >= 0.3 is 0 Å². The number of benzene rings is 1. The molecule has 5 nitrogen and oxygen atoms in total. The molecule has 0 aromatic heterocycles. The Labute approximate surface area is 100 Å². The molecule has 6 heteroatoms. The van der Waals surface area contributed by atoms with Crippen LogP contribution in [0.3, 0.4) is 0 Å². The van der Waals surface area contributed by atoms with Crippen LogP contribution in [-0.2, 0) is 4.79 Å². The summed E-state index contributed by atoms with van der Waals surface area (Å²) in [5, 5.41) is 13.4. The maximum absolute atomic E-state index is 11.4. The standard InChI is InChI=1S/C10H9BrN2O3/c1-5-2-9(14)12-10-7(5)3-6(11)4-8(10)13(15)16/h3-5H,2H2,1H3,(H,12,14)/t5-/m0/s1. The molecule has 1 heterocycles. The lowest BCUT2D eigenvalue weighted by Crippen LogP contribution is -2.22. The highest BCUT2D eigenvalue weighted by Crippen LogP contribution is 2.40. The van der Waals surface area contributed by atoms with Crippen LogP contribution in [0.25, 0.3) is 0 Å². The summed E-state index contributed by atoms with van der Waals surface area (Å²) in [5.41, 5.74) is 1.07. The minimum Gasteiger partial charge on any atom is -0.320 e. The average molecular weight is 285 g/mol. The SMILES string of the molecule is C[C@H]1CC(=O)Nc2c1cc(Br)cc2[N+](=O)[O-]. The first-order chi connectivity index (χ1) is 7.49. The Balaban J connectivity index is 2.65. The van der Waals surface area contributed by atoms with Gasteiger partial charge in [0.25, 0.3) is 5.69 Å². The maximum atomic E-state index is 11.4. The van der Waals surface area contributed by atoms with Crippen molar-refractivity contribution in [3.63, 3.8) is 0 Å². The number of rotatable bonds is 1. The molecular weight excluding hydrogens is 276 g/mol. The second-order valence-electron chi connectivity index (χ2n) is 3.80. The van der Waals surface area contributed by atoms with Crippen LogP contribution < -0.4 is 5.32 Å². The number of hydrogen-bond acceptors (Lipinski definition) is 3. The predicted octanol–water partition coefficient (Wildman–Crippen LogP) is 2.80. The van der Waals surface area contributed by atoms with Gasteiger partial charge in [0.15, 0.2) is 0 Å². The highest BCUT2D eigenvalue weighted by atomic mass is 79.9. The van der Waals surface area contributed by atoms with Crippen LogP contribution in [0.1, 0.15) is 24.8 Å². The molecule has 0 unspecified atom stereocenters. The number of nitrogens with one attached hydrogen (secondary N) is 1. The zero-order valence-electron chi connectivity index (χ0n) is 8.49. The van der Waals surface area contributed by atoms with Gasteiger partial charge < -0.3 is 5.32 Å². The van der Waals surface area contributed by atoms with E-state index in [1.165, 1.54) is 6.07 Å². The van der Waals surface area contributed by atoms with E-state index >= 15 is 0 Å². The van der Waals surface area contributed by atoms with Crippen molar-refractivity contribution in [3.05, 3.63) is 32.3 Å². The molecular formula is C10H9BrN2O3. The normalized spacial score (nSPS) is 18.9. The van der Waals surface area contributed by atoms with Crippen molar-refractivity contribution in [1.29, 1.82) is 0 Å². The molecule has 16 heavy (non-hydrogen) atoms. The van der Waals surface area contributed by atoms with Gasteiger partial charge in [-0.2, -0.15) is 0 Å². The summed E-state index contributed by atoms with van der Waals surface area (Å²) < 4.78 is 0.654. The molecule has 1 atom stereocenters. The van der Waals surface area contributed by atoms with Gasteiger partial charge in [-0.25, -0.2) is 0 Å². The van der Waals surface area contributed by atoms with Crippen molar-refractivity contribution >= 4 is 33.2 Å². The van der Waals surface area contributed by atoms with Crippen molar-refractivity contribution in [2.75, 3.05) is 5.32 Å². The fraction of sp³-hybridized carbons (Fsp3) is 0.300. The molecule has 0 aliphatic carbocycles. The van der Waals surface area contributed by atoms with Crippen molar-refractivity contribution in [2.45, 2.75) is 19.3 Å². The number of fused-ring (bicyclic) bond motifs is 1. The van der Waals surface area contributed by atoms with E-state index in [1.54, 1.807) is 0 Å². The monoisotopic (exact) mass is 284 g/mol. The van der Waals surface area contributed by atoms with Gasteiger partial charge in [-0.05, 0) is 17.5 Å². The maximum Gasteiger partial charge on any atom is 0.294 e. The average Bonchev–Trinajstić information content (AvgIpc) is 2.18. The summed E-state index contributed by atoms with van der Waals surface area (Å²) in [4.78, 5) is 21.7. The van der Waals surface area contributed by atoms with E-state index < -0.39 is 4.92 Å². The molecule has 1 amide bonds. The summed E-state index contributed by atoms with van der Waals surface area (Å²) in [6.45, 7) is 1.88. The third-order valence-corrected chi connectivity index (χ3v) is 3.05. The molecule has 0 radical (unpaired) electrons. The highest BCUT2D eigenvalue weighted by molar-refractivity contribution is 9.10. The smallest absolute Gasteiger partial charge is 0.294 e. The lowest BCUT2D eigenvalue weighted by Gasteiger charge is -2.22. The Hall–Kier alpha value is -1.43. The molecule has 0 saturated carbocycles. The molecule has 0 bridgehead atoms. The van der Waals surface area contributed by atoms with E-state index in [0.29, 0.717) is 16.6 Å². The number of anilines is 1. The highest BCUT2D eigenvalue weighted by Gasteiger charge is 2.28. The Morgan fingerprint density at radius 2 is 2.25 bits per heavy atom. The van der Waals surface area contributed by atoms with Crippen LogP contribution in [0, 0.1) is 10.1 Å². The number of carbonyl (C=O) groups is 1. The summed E-state index contributed by atoms with van der Waals surface area (Å²) in [6.07, 6.45) is 0.362. The fourth-order valence-electron chi connectivity index (χ4n) is 1.86. The Morgan fingerprint density at radius 1 is 1.56 bits per heavy atom. The molecule has 0 spiro atoms. The molecule has 0 saturated heterocycles. The molecule has 84 valence electrons. The van der Waals surface area contributed by atoms with Crippen LogP contribution in [0.5, 0.6) is 0 Å². The summed E-state index contributed by atoms with van der Waals surface area (Å²) in [7, 11) is 0. The van der Waals surface area contributed by atoms with Gasteiger partial charge in [-0.3, -0.25) is 14.9 Å². The number of nitrogens with zero attached hydrogens (tertiary/aromatic N) is 1. The molecule has 1 aliphatic heterocycles. The van der Waals surface area contributed by atoms with E-state index in [4.69, 9.17) is 0 Å². The quantitative estimate of drug-likeness (QED) is 0.637. The van der Waals surface area contributed by atoms with Gasteiger partial charge in [0, 0.05) is 17.0 Å². The number of hydrogen-bond donors (Lipinski definition) is 1. The summed E-state index contributed by atoms with van der Waals surface area (Å²) in [5.74, 6) is -0.176. The molecule has 1 aliphatic rings. The second kappa shape index (κ2) is 3.86. The Kier molecular flexibility index (Phi) is 2.67. The van der Waals surface area contributed by atoms with Crippen LogP contribution in [0.2, 0.25) is 0 Å². The Bertz CT molecular complexity index is 487. The summed E-state index contributed by atoms with van der Waals surface area (Å²) in [6, 6.07) is 3.21. The van der Waals surface area contributed by atoms with E-state index in [1.807, 2.05) is 13.0 Å². The summed E-state index contributed by atoms with van der Waals surface area (Å²) >= 11 is 3.24. The van der Waals surface area contributed by atoms with E-state index in [2.05, 4.69) is 21.2 Å². The van der Waals surface area contributed by atoms with Crippen molar-refractivity contribution in [1.82, 2.24) is 0 Å². The molecule has 1 aromatic rings. The van der Waals surface area contributed by atoms with Crippen molar-refractivity contribution < 1.29 is 9.72 Å². The van der Waals surface area contributed by atoms with Crippen LogP contribution in [-0.4, -0.2) is 10.8 Å². The van der Waals surface area contributed by atoms with E-state index in [0.717, 1.165) is 5.56 Å². The molecule has 1 aromatic carbocycles. The lowest BCUT2D eigenvalue weighted by molar-refractivity contribution is -0.384. The van der Waals surface area contributed by atoms with Gasteiger partial charge in [0.2, 0.25) is 5.91 Å². The van der Waals surface area contributed by atoms with Gasteiger partial charge in [0.1, 0.15) is 5.69 Å². The number of nitro groups is 1. The Morgan fingerprint density at radius 3 is 2.88 bits per heavy atom. The lowest BCUT2D eigenvalue weighted by atomic mass is 9.92. The van der Waals surface area contributed by atoms with E-state index in [-0.39, 0.29) is 17.5 Å². The predicted molar refractivity (Wildman–Crippen MR) is 62.5 cm³/mol. The minimum absolute atomic E-state index is 0.0000463. The van der Waals surface area contributed by atoms with Gasteiger partial charge in [-0.15, -0.1) is 0 Å². The third-order valence-electron chi connectivity index (χ3n) is 2.60. The first-order valence-corrected chi connectivity index (χ1v) is 5.56. The molecule has 2 rings (SSSR count). The first kappa shape index (κ1) is 11.1. The number of carbonyl (C=O) groups excluding carboxylic acids is 1. The second-order valence-corrected chi connectivity index (χ2v) is 4.72. The van der Waals surface area contributed by atoms with Crippen LogP contribution in [0.4, 0.5) is 11.4 Å². The van der Waals surface area contributed by atoms with Crippen molar-refractivity contribution in [2.24, 2.45) is 0 Å². The van der Waals surface area contributed by atoms with Gasteiger partial charge in [-0.1, -0.05) is 22.9 Å². The van der Waals surface area contributed by atoms with Crippen LogP contribution >= 0.6 is 15.9 Å². The first-order valence-electron chi connectivity index (χ1n) is 4.76. The van der Waals surface area contributed by atoms with Crippen molar-refractivity contribution in [3.8, 4) is 0 Å². The zero-order chi connectivity index (χ0) is 11.9. The number of halogens is 1. The number of amides is 1. The minimum atomic E-state index is -0.484. The molecule has 0 fully saturated rings. The van der Waals surface area contributed by atoms with Crippen LogP contribution in [0.15, 0.2) is 16.6 Å². The zero-order valence-corrected chi connectivity index (χ0v) is 10.1. The molecule has 1 N–H and O–H groups in total. The largest absolute Gasteiger partial charge is 0.320 e.